The Bertz CT molecular complexity index is 496. The number of aryl methyl sites for hydroxylation is 1. The number of carbonyl (C=O) groups excluding carboxylic acids is 1. The van der Waals surface area contributed by atoms with Crippen LogP contribution in [0.3, 0.4) is 0 Å². The molecule has 1 aliphatic heterocycles. The van der Waals surface area contributed by atoms with Crippen molar-refractivity contribution in [1.29, 1.82) is 0 Å². The molecule has 2 heterocycles. The van der Waals surface area contributed by atoms with Gasteiger partial charge >= 0.3 is 0 Å². The minimum absolute atomic E-state index is 0.114. The van der Waals surface area contributed by atoms with Crippen LogP contribution in [0.5, 0.6) is 0 Å². The average Bonchev–Trinajstić information content (AvgIpc) is 3.06. The maximum Gasteiger partial charge on any atom is 0.244 e. The lowest BCUT2D eigenvalue weighted by Crippen LogP contribution is -2.40. The standard InChI is InChI=1S/C15H24N4O2/c1-10-16-15(21-18-10)13-8-12(9-19(13)2)17-14(20)11-6-4-3-5-7-11/h11-13H,3-9H2,1-2H3,(H,17,20)/t12-,13-/m0/s1. The Kier molecular flexibility index (Phi) is 4.24. The van der Waals surface area contributed by atoms with E-state index in [1.165, 1.54) is 19.3 Å². The molecule has 0 spiro atoms. The van der Waals surface area contributed by atoms with E-state index in [0.717, 1.165) is 25.8 Å². The van der Waals surface area contributed by atoms with Gasteiger partial charge in [-0.25, -0.2) is 0 Å². The Hall–Kier alpha value is -1.43. The first-order valence-electron chi connectivity index (χ1n) is 7.94. The van der Waals surface area contributed by atoms with Crippen LogP contribution in [-0.2, 0) is 4.79 Å². The number of hydrogen-bond acceptors (Lipinski definition) is 5. The first-order chi connectivity index (χ1) is 10.1. The topological polar surface area (TPSA) is 71.3 Å². The van der Waals surface area contributed by atoms with Crippen LogP contribution >= 0.6 is 0 Å². The van der Waals surface area contributed by atoms with Crippen molar-refractivity contribution in [3.63, 3.8) is 0 Å². The molecular weight excluding hydrogens is 268 g/mol. The molecule has 1 aliphatic carbocycles. The van der Waals surface area contributed by atoms with E-state index in [1.54, 1.807) is 0 Å². The first kappa shape index (κ1) is 14.5. The summed E-state index contributed by atoms with van der Waals surface area (Å²) in [7, 11) is 2.04. The summed E-state index contributed by atoms with van der Waals surface area (Å²) in [6.45, 7) is 2.66. The van der Waals surface area contributed by atoms with Crippen LogP contribution in [0.25, 0.3) is 0 Å². The van der Waals surface area contributed by atoms with E-state index in [4.69, 9.17) is 4.52 Å². The van der Waals surface area contributed by atoms with Crippen molar-refractivity contribution in [3.05, 3.63) is 11.7 Å². The zero-order valence-electron chi connectivity index (χ0n) is 12.8. The molecule has 1 amide bonds. The molecule has 0 aromatic carbocycles. The van der Waals surface area contributed by atoms with E-state index in [9.17, 15) is 4.79 Å². The summed E-state index contributed by atoms with van der Waals surface area (Å²) in [6.07, 6.45) is 6.57. The van der Waals surface area contributed by atoms with Crippen molar-refractivity contribution in [2.24, 2.45) is 5.92 Å². The largest absolute Gasteiger partial charge is 0.352 e. The zero-order chi connectivity index (χ0) is 14.8. The van der Waals surface area contributed by atoms with E-state index in [0.29, 0.717) is 11.7 Å². The van der Waals surface area contributed by atoms with Crippen LogP contribution in [-0.4, -0.2) is 40.6 Å². The molecule has 0 unspecified atom stereocenters. The lowest BCUT2D eigenvalue weighted by Gasteiger charge is -2.22. The van der Waals surface area contributed by atoms with Gasteiger partial charge in [-0.05, 0) is 33.2 Å². The molecule has 116 valence electrons. The smallest absolute Gasteiger partial charge is 0.244 e. The van der Waals surface area contributed by atoms with Gasteiger partial charge in [-0.15, -0.1) is 0 Å². The first-order valence-corrected chi connectivity index (χ1v) is 7.94. The Morgan fingerprint density at radius 2 is 2.10 bits per heavy atom. The van der Waals surface area contributed by atoms with Gasteiger partial charge in [0.2, 0.25) is 11.8 Å². The number of nitrogens with zero attached hydrogens (tertiary/aromatic N) is 3. The number of carbonyl (C=O) groups is 1. The summed E-state index contributed by atoms with van der Waals surface area (Å²) in [6, 6.07) is 0.296. The second-order valence-electron chi connectivity index (χ2n) is 6.41. The number of aromatic nitrogens is 2. The highest BCUT2D eigenvalue weighted by Crippen LogP contribution is 2.30. The van der Waals surface area contributed by atoms with Gasteiger partial charge in [-0.1, -0.05) is 24.4 Å². The van der Waals surface area contributed by atoms with Crippen LogP contribution in [0.4, 0.5) is 0 Å². The van der Waals surface area contributed by atoms with Gasteiger partial charge in [0.15, 0.2) is 5.82 Å². The van der Waals surface area contributed by atoms with Gasteiger partial charge in [0, 0.05) is 18.5 Å². The van der Waals surface area contributed by atoms with Crippen molar-refractivity contribution >= 4 is 5.91 Å². The SMILES string of the molecule is Cc1noc([C@@H]2C[C@H](NC(=O)C3CCCCC3)CN2C)n1. The van der Waals surface area contributed by atoms with Crippen LogP contribution in [0.1, 0.15) is 56.3 Å². The summed E-state index contributed by atoms with van der Waals surface area (Å²) in [5, 5.41) is 7.07. The minimum Gasteiger partial charge on any atom is -0.352 e. The molecule has 0 radical (unpaired) electrons. The molecule has 6 heteroatoms. The Balaban J connectivity index is 1.57. The maximum absolute atomic E-state index is 12.3. The van der Waals surface area contributed by atoms with Crippen molar-refractivity contribution in [3.8, 4) is 0 Å². The predicted octanol–water partition coefficient (Wildman–Crippen LogP) is 1.82. The summed E-state index contributed by atoms with van der Waals surface area (Å²) in [4.78, 5) is 18.8. The molecule has 3 rings (SSSR count). The monoisotopic (exact) mass is 292 g/mol. The molecule has 1 saturated heterocycles. The van der Waals surface area contributed by atoms with E-state index >= 15 is 0 Å². The molecule has 6 nitrogen and oxygen atoms in total. The lowest BCUT2D eigenvalue weighted by atomic mass is 9.88. The van der Waals surface area contributed by atoms with E-state index in [2.05, 4.69) is 20.4 Å². The van der Waals surface area contributed by atoms with Crippen LogP contribution < -0.4 is 5.32 Å². The summed E-state index contributed by atoms with van der Waals surface area (Å²) in [5.41, 5.74) is 0. The third kappa shape index (κ3) is 3.26. The second kappa shape index (κ2) is 6.13. The number of rotatable bonds is 3. The molecule has 0 bridgehead atoms. The second-order valence-corrected chi connectivity index (χ2v) is 6.41. The molecule has 2 aliphatic rings. The van der Waals surface area contributed by atoms with E-state index < -0.39 is 0 Å². The molecular formula is C15H24N4O2. The quantitative estimate of drug-likeness (QED) is 0.920. The molecule has 2 atom stereocenters. The Morgan fingerprint density at radius 3 is 2.76 bits per heavy atom. The number of likely N-dealkylation sites (tertiary alicyclic amines) is 1. The number of nitrogens with one attached hydrogen (secondary N) is 1. The normalized spacial score (nSPS) is 27.9. The Labute approximate surface area is 125 Å². The summed E-state index contributed by atoms with van der Waals surface area (Å²) >= 11 is 0. The van der Waals surface area contributed by atoms with Crippen LogP contribution in [0.2, 0.25) is 0 Å². The van der Waals surface area contributed by atoms with Gasteiger partial charge in [-0.3, -0.25) is 9.69 Å². The molecule has 1 N–H and O–H groups in total. The molecule has 1 saturated carbocycles. The molecule has 1 aromatic heterocycles. The van der Waals surface area contributed by atoms with Gasteiger partial charge in [0.05, 0.1) is 6.04 Å². The van der Waals surface area contributed by atoms with Crippen LogP contribution in [0.15, 0.2) is 4.52 Å². The van der Waals surface area contributed by atoms with Crippen molar-refractivity contribution in [2.75, 3.05) is 13.6 Å². The predicted molar refractivity (Wildman–Crippen MR) is 77.5 cm³/mol. The third-order valence-corrected chi connectivity index (χ3v) is 4.70. The van der Waals surface area contributed by atoms with Crippen LogP contribution in [0, 0.1) is 12.8 Å². The van der Waals surface area contributed by atoms with E-state index in [1.807, 2.05) is 14.0 Å². The zero-order valence-corrected chi connectivity index (χ0v) is 12.8. The third-order valence-electron chi connectivity index (χ3n) is 4.70. The van der Waals surface area contributed by atoms with Crippen molar-refractivity contribution < 1.29 is 9.32 Å². The fourth-order valence-electron chi connectivity index (χ4n) is 3.53. The highest BCUT2D eigenvalue weighted by atomic mass is 16.5. The maximum atomic E-state index is 12.3. The highest BCUT2D eigenvalue weighted by molar-refractivity contribution is 5.79. The molecule has 21 heavy (non-hydrogen) atoms. The number of hydrogen-bond donors (Lipinski definition) is 1. The lowest BCUT2D eigenvalue weighted by molar-refractivity contribution is -0.126. The number of amides is 1. The fraction of sp³-hybridized carbons (Fsp3) is 0.800. The Morgan fingerprint density at radius 1 is 1.33 bits per heavy atom. The number of likely N-dealkylation sites (N-methyl/N-ethyl adjacent to an activating group) is 1. The van der Waals surface area contributed by atoms with Gasteiger partial charge in [-0.2, -0.15) is 4.98 Å². The minimum atomic E-state index is 0.114. The summed E-state index contributed by atoms with van der Waals surface area (Å²) < 4.78 is 5.27. The average molecular weight is 292 g/mol. The fourth-order valence-corrected chi connectivity index (χ4v) is 3.53. The highest BCUT2D eigenvalue weighted by Gasteiger charge is 2.35. The van der Waals surface area contributed by atoms with E-state index in [-0.39, 0.29) is 23.9 Å². The summed E-state index contributed by atoms with van der Waals surface area (Å²) in [5.74, 6) is 1.77. The van der Waals surface area contributed by atoms with Gasteiger partial charge < -0.3 is 9.84 Å². The molecule has 2 fully saturated rings. The van der Waals surface area contributed by atoms with Crippen molar-refractivity contribution in [2.45, 2.75) is 57.5 Å². The van der Waals surface area contributed by atoms with Gasteiger partial charge in [0.25, 0.3) is 0 Å². The molecule has 1 aromatic rings. The van der Waals surface area contributed by atoms with Gasteiger partial charge in [0.1, 0.15) is 0 Å². The van der Waals surface area contributed by atoms with Crippen molar-refractivity contribution in [1.82, 2.24) is 20.4 Å².